The average Bonchev–Trinajstić information content (AvgIpc) is 3.56. The van der Waals surface area contributed by atoms with Gasteiger partial charge in [0.25, 0.3) is 5.89 Å². The van der Waals surface area contributed by atoms with Gasteiger partial charge in [-0.05, 0) is 80.3 Å². The molecule has 1 aliphatic rings. The highest BCUT2D eigenvalue weighted by molar-refractivity contribution is 7.89. The third kappa shape index (κ3) is 5.25. The fourth-order valence-electron chi connectivity index (χ4n) is 4.58. The predicted molar refractivity (Wildman–Crippen MR) is 140 cm³/mol. The molecule has 1 aliphatic carbocycles. The molecule has 5 rings (SSSR count). The number of nitrogens with one attached hydrogen (secondary N) is 1. The third-order valence-corrected chi connectivity index (χ3v) is 7.84. The number of ether oxygens (including phenoxy) is 1. The molecule has 11 heteroatoms. The van der Waals surface area contributed by atoms with E-state index in [1.54, 1.807) is 18.2 Å². The Labute approximate surface area is 224 Å². The average molecular weight is 545 g/mol. The molecular formula is C28H24N4O6S. The zero-order valence-electron chi connectivity index (χ0n) is 21.1. The number of sulfonamides is 1. The summed E-state index contributed by atoms with van der Waals surface area (Å²) in [5.74, 6) is -0.0504. The molecule has 0 amide bonds. The van der Waals surface area contributed by atoms with Gasteiger partial charge in [0.05, 0.1) is 22.1 Å². The van der Waals surface area contributed by atoms with Gasteiger partial charge in [-0.3, -0.25) is 0 Å². The second kappa shape index (κ2) is 10.3. The lowest BCUT2D eigenvalue weighted by atomic mass is 10.0. The third-order valence-electron chi connectivity index (χ3n) is 6.36. The molecule has 0 spiro atoms. The van der Waals surface area contributed by atoms with Crippen molar-refractivity contribution in [2.75, 3.05) is 0 Å². The summed E-state index contributed by atoms with van der Waals surface area (Å²) >= 11 is 0. The van der Waals surface area contributed by atoms with Crippen molar-refractivity contribution < 1.29 is 27.6 Å². The van der Waals surface area contributed by atoms with Gasteiger partial charge in [-0.15, -0.1) is 0 Å². The number of aromatic carboxylic acids is 1. The zero-order chi connectivity index (χ0) is 27.7. The first-order valence-electron chi connectivity index (χ1n) is 12.2. The van der Waals surface area contributed by atoms with E-state index in [2.05, 4.69) is 20.9 Å². The van der Waals surface area contributed by atoms with Gasteiger partial charge in [0.1, 0.15) is 11.8 Å². The molecule has 0 fully saturated rings. The highest BCUT2D eigenvalue weighted by Crippen LogP contribution is 2.38. The molecule has 0 saturated carbocycles. The van der Waals surface area contributed by atoms with E-state index in [1.165, 1.54) is 24.3 Å². The topological polar surface area (TPSA) is 155 Å². The maximum atomic E-state index is 13.0. The molecule has 0 aliphatic heterocycles. The lowest BCUT2D eigenvalue weighted by Crippen LogP contribution is -2.27. The lowest BCUT2D eigenvalue weighted by Gasteiger charge is -2.15. The van der Waals surface area contributed by atoms with Crippen LogP contribution in [0.5, 0.6) is 5.75 Å². The van der Waals surface area contributed by atoms with Crippen LogP contribution in [0.15, 0.2) is 70.1 Å². The number of rotatable bonds is 8. The molecule has 0 radical (unpaired) electrons. The minimum atomic E-state index is -3.89. The van der Waals surface area contributed by atoms with Crippen LogP contribution in [0, 0.1) is 11.3 Å². The van der Waals surface area contributed by atoms with Gasteiger partial charge in [0, 0.05) is 17.2 Å². The minimum Gasteiger partial charge on any atom is -0.490 e. The summed E-state index contributed by atoms with van der Waals surface area (Å²) in [5.41, 5.74) is 3.40. The van der Waals surface area contributed by atoms with Crippen molar-refractivity contribution in [2.45, 2.75) is 43.7 Å². The molecule has 1 aromatic heterocycles. The fourth-order valence-corrected chi connectivity index (χ4v) is 5.83. The Hall–Kier alpha value is -4.53. The van der Waals surface area contributed by atoms with Crippen LogP contribution in [0.2, 0.25) is 0 Å². The lowest BCUT2D eigenvalue weighted by molar-refractivity contribution is 0.0696. The molecule has 0 saturated heterocycles. The molecule has 1 atom stereocenters. The van der Waals surface area contributed by atoms with Gasteiger partial charge in [0.15, 0.2) is 0 Å². The summed E-state index contributed by atoms with van der Waals surface area (Å²) in [6.07, 6.45) is 1.05. The van der Waals surface area contributed by atoms with Crippen LogP contribution in [0.25, 0.3) is 22.8 Å². The SMILES string of the molecule is CC(C)Oc1ccc(-c2nc(-c3cccc4c3CC[C@H]4NS(=O)(=O)c3ccc(C(=O)O)cc3)no2)cc1C#N. The van der Waals surface area contributed by atoms with E-state index < -0.39 is 22.0 Å². The van der Waals surface area contributed by atoms with Crippen molar-refractivity contribution in [1.29, 1.82) is 5.26 Å². The highest BCUT2D eigenvalue weighted by atomic mass is 32.2. The summed E-state index contributed by atoms with van der Waals surface area (Å²) in [7, 11) is -3.89. The smallest absolute Gasteiger partial charge is 0.335 e. The van der Waals surface area contributed by atoms with Crippen LogP contribution >= 0.6 is 0 Å². The summed E-state index contributed by atoms with van der Waals surface area (Å²) in [4.78, 5) is 15.6. The van der Waals surface area contributed by atoms with E-state index in [0.717, 1.165) is 16.7 Å². The number of nitrogens with zero attached hydrogens (tertiary/aromatic N) is 3. The second-order valence-electron chi connectivity index (χ2n) is 9.33. The Morgan fingerprint density at radius 3 is 2.64 bits per heavy atom. The molecule has 0 unspecified atom stereocenters. The molecule has 198 valence electrons. The van der Waals surface area contributed by atoms with E-state index in [4.69, 9.17) is 14.4 Å². The Kier molecular flexibility index (Phi) is 6.91. The number of carboxylic acid groups (broad SMARTS) is 1. The molecule has 39 heavy (non-hydrogen) atoms. The van der Waals surface area contributed by atoms with Gasteiger partial charge >= 0.3 is 5.97 Å². The van der Waals surface area contributed by atoms with Crippen molar-refractivity contribution >= 4 is 16.0 Å². The van der Waals surface area contributed by atoms with Gasteiger partial charge in [-0.2, -0.15) is 10.2 Å². The monoisotopic (exact) mass is 544 g/mol. The van der Waals surface area contributed by atoms with Crippen molar-refractivity contribution in [3.63, 3.8) is 0 Å². The van der Waals surface area contributed by atoms with Crippen molar-refractivity contribution in [2.24, 2.45) is 0 Å². The van der Waals surface area contributed by atoms with Crippen LogP contribution in [-0.2, 0) is 16.4 Å². The van der Waals surface area contributed by atoms with Crippen LogP contribution < -0.4 is 9.46 Å². The van der Waals surface area contributed by atoms with Crippen LogP contribution in [0.3, 0.4) is 0 Å². The summed E-state index contributed by atoms with van der Waals surface area (Å²) in [5, 5.41) is 22.8. The van der Waals surface area contributed by atoms with Crippen LogP contribution in [0.4, 0.5) is 0 Å². The van der Waals surface area contributed by atoms with Crippen molar-refractivity contribution in [1.82, 2.24) is 14.9 Å². The van der Waals surface area contributed by atoms with Gasteiger partial charge in [-0.1, -0.05) is 23.4 Å². The first-order valence-corrected chi connectivity index (χ1v) is 13.7. The molecular weight excluding hydrogens is 520 g/mol. The largest absolute Gasteiger partial charge is 0.490 e. The van der Waals surface area contributed by atoms with E-state index in [9.17, 15) is 18.5 Å². The number of hydrogen-bond acceptors (Lipinski definition) is 8. The number of aromatic nitrogens is 2. The standard InChI is InChI=1S/C28H24N4O6S/c1-16(2)37-25-13-8-18(14-19(25)15-29)27-30-26(31-38-27)23-5-3-4-22-21(23)11-12-24(22)32-39(35,36)20-9-6-17(7-10-20)28(33)34/h3-10,13-14,16,24,32H,11-12H2,1-2H3,(H,33,34)/t24-/m1/s1. The molecule has 2 N–H and O–H groups in total. The minimum absolute atomic E-state index is 0.00738. The van der Waals surface area contributed by atoms with E-state index in [-0.39, 0.29) is 22.5 Å². The van der Waals surface area contributed by atoms with E-state index in [1.807, 2.05) is 32.0 Å². The second-order valence-corrected chi connectivity index (χ2v) is 11.0. The number of hydrogen-bond donors (Lipinski definition) is 2. The van der Waals surface area contributed by atoms with Crippen molar-refractivity contribution in [3.05, 3.63) is 82.9 Å². The summed E-state index contributed by atoms with van der Waals surface area (Å²) in [6.45, 7) is 3.76. The molecule has 0 bridgehead atoms. The number of nitriles is 1. The molecule has 4 aromatic rings. The Bertz CT molecular complexity index is 1700. The zero-order valence-corrected chi connectivity index (χ0v) is 21.9. The van der Waals surface area contributed by atoms with Crippen LogP contribution in [0.1, 0.15) is 53.4 Å². The van der Waals surface area contributed by atoms with Crippen molar-refractivity contribution in [3.8, 4) is 34.7 Å². The van der Waals surface area contributed by atoms with Gasteiger partial charge in [0.2, 0.25) is 15.8 Å². The fraction of sp³-hybridized carbons (Fsp3) is 0.214. The first-order chi connectivity index (χ1) is 18.7. The maximum absolute atomic E-state index is 13.0. The quantitative estimate of drug-likeness (QED) is 0.320. The summed E-state index contributed by atoms with van der Waals surface area (Å²) < 4.78 is 39.9. The number of carbonyl (C=O) groups is 1. The summed E-state index contributed by atoms with van der Waals surface area (Å²) in [6, 6.07) is 17.3. The van der Waals surface area contributed by atoms with Gasteiger partial charge < -0.3 is 14.4 Å². The molecule has 3 aromatic carbocycles. The number of fused-ring (bicyclic) bond motifs is 1. The number of carboxylic acids is 1. The Balaban J connectivity index is 1.40. The first kappa shape index (κ1) is 26.1. The van der Waals surface area contributed by atoms with E-state index in [0.29, 0.717) is 35.5 Å². The van der Waals surface area contributed by atoms with Crippen LogP contribution in [-0.4, -0.2) is 35.7 Å². The Morgan fingerprint density at radius 2 is 1.95 bits per heavy atom. The molecule has 10 nitrogen and oxygen atoms in total. The maximum Gasteiger partial charge on any atom is 0.335 e. The highest BCUT2D eigenvalue weighted by Gasteiger charge is 2.30. The number of benzene rings is 3. The van der Waals surface area contributed by atoms with Gasteiger partial charge in [-0.25, -0.2) is 17.9 Å². The molecule has 1 heterocycles. The predicted octanol–water partition coefficient (Wildman–Crippen LogP) is 4.73. The van der Waals surface area contributed by atoms with E-state index >= 15 is 0 Å². The normalized spacial score (nSPS) is 14.7. The Morgan fingerprint density at radius 1 is 1.18 bits per heavy atom.